The van der Waals surface area contributed by atoms with E-state index in [1.165, 1.54) is 44.4 Å². The van der Waals surface area contributed by atoms with Gasteiger partial charge < -0.3 is 9.84 Å². The minimum atomic E-state index is -1.52. The fourth-order valence-corrected chi connectivity index (χ4v) is 2.54. The van der Waals surface area contributed by atoms with Gasteiger partial charge in [0.2, 0.25) is 0 Å². The summed E-state index contributed by atoms with van der Waals surface area (Å²) in [6.07, 6.45) is 0.0737. The van der Waals surface area contributed by atoms with Crippen molar-refractivity contribution in [3.63, 3.8) is 0 Å². The Morgan fingerprint density at radius 2 is 1.90 bits per heavy atom. The first-order chi connectivity index (χ1) is 9.85. The Labute approximate surface area is 126 Å². The molecule has 0 aromatic heterocycles. The summed E-state index contributed by atoms with van der Waals surface area (Å²) < 4.78 is 32.3. The molecule has 0 aliphatic rings. The second-order valence-corrected chi connectivity index (χ2v) is 5.42. The number of aliphatic hydroxyl groups is 1. The van der Waals surface area contributed by atoms with Crippen LogP contribution in [0.1, 0.15) is 18.1 Å². The van der Waals surface area contributed by atoms with Crippen LogP contribution in [0.25, 0.3) is 0 Å². The highest BCUT2D eigenvalue weighted by molar-refractivity contribution is 6.30. The lowest BCUT2D eigenvalue weighted by Gasteiger charge is -2.26. The molecule has 0 aliphatic heterocycles. The zero-order valence-electron chi connectivity index (χ0n) is 11.7. The Hall–Kier alpha value is -1.65. The molecule has 0 spiro atoms. The first kappa shape index (κ1) is 15.7. The summed E-state index contributed by atoms with van der Waals surface area (Å²) in [6.45, 7) is 1.48. The molecule has 0 aliphatic carbocycles. The molecule has 2 aromatic rings. The van der Waals surface area contributed by atoms with Crippen LogP contribution in [0.5, 0.6) is 5.75 Å². The number of benzene rings is 2. The van der Waals surface area contributed by atoms with Crippen molar-refractivity contribution < 1.29 is 18.6 Å². The van der Waals surface area contributed by atoms with Gasteiger partial charge in [0.05, 0.1) is 23.3 Å². The monoisotopic (exact) mass is 312 g/mol. The second-order valence-electron chi connectivity index (χ2n) is 5.02. The van der Waals surface area contributed by atoms with Gasteiger partial charge in [-0.2, -0.15) is 0 Å². The van der Waals surface area contributed by atoms with Crippen molar-refractivity contribution in [1.82, 2.24) is 0 Å². The van der Waals surface area contributed by atoms with E-state index in [4.69, 9.17) is 16.3 Å². The summed E-state index contributed by atoms with van der Waals surface area (Å²) >= 11 is 5.72. The Kier molecular flexibility index (Phi) is 4.49. The van der Waals surface area contributed by atoms with Gasteiger partial charge in [0.15, 0.2) is 0 Å². The third kappa shape index (κ3) is 3.34. The maximum absolute atomic E-state index is 14.1. The van der Waals surface area contributed by atoms with Crippen LogP contribution in [0.15, 0.2) is 36.4 Å². The van der Waals surface area contributed by atoms with Crippen molar-refractivity contribution in [3.8, 4) is 5.75 Å². The van der Waals surface area contributed by atoms with Crippen LogP contribution in [-0.4, -0.2) is 12.2 Å². The molecule has 2 nitrogen and oxygen atoms in total. The van der Waals surface area contributed by atoms with E-state index in [2.05, 4.69) is 0 Å². The Morgan fingerprint density at radius 1 is 1.19 bits per heavy atom. The van der Waals surface area contributed by atoms with Crippen molar-refractivity contribution in [2.75, 3.05) is 7.11 Å². The molecule has 1 atom stereocenters. The van der Waals surface area contributed by atoms with E-state index in [-0.39, 0.29) is 22.8 Å². The van der Waals surface area contributed by atoms with Crippen LogP contribution in [0, 0.1) is 11.6 Å². The third-order valence-electron chi connectivity index (χ3n) is 3.27. The third-order valence-corrected chi connectivity index (χ3v) is 3.56. The van der Waals surface area contributed by atoms with Crippen LogP contribution < -0.4 is 4.74 Å². The Morgan fingerprint density at radius 3 is 2.52 bits per heavy atom. The van der Waals surface area contributed by atoms with Crippen LogP contribution in [0.3, 0.4) is 0 Å². The zero-order chi connectivity index (χ0) is 15.6. The Bertz CT molecular complexity index is 657. The van der Waals surface area contributed by atoms with Gasteiger partial charge in [-0.25, -0.2) is 8.78 Å². The van der Waals surface area contributed by atoms with Crippen molar-refractivity contribution in [2.45, 2.75) is 18.9 Å². The highest BCUT2D eigenvalue weighted by Gasteiger charge is 2.30. The lowest BCUT2D eigenvalue weighted by atomic mass is 9.88. The van der Waals surface area contributed by atoms with E-state index in [0.29, 0.717) is 5.56 Å². The molecule has 21 heavy (non-hydrogen) atoms. The van der Waals surface area contributed by atoms with Gasteiger partial charge in [-0.1, -0.05) is 23.7 Å². The van der Waals surface area contributed by atoms with Crippen molar-refractivity contribution in [3.05, 3.63) is 64.2 Å². The maximum atomic E-state index is 14.1. The van der Waals surface area contributed by atoms with E-state index in [0.717, 1.165) is 0 Å². The van der Waals surface area contributed by atoms with Crippen molar-refractivity contribution in [2.24, 2.45) is 0 Å². The molecule has 0 amide bonds. The second kappa shape index (κ2) is 6.00. The molecule has 0 fully saturated rings. The predicted octanol–water partition coefficient (Wildman–Crippen LogP) is 4.08. The topological polar surface area (TPSA) is 29.5 Å². The standard InChI is InChI=1S/C16H15ClF2O2/c1-16(20,9-10-6-7-12(18)11(17)8-10)15-13(19)4-3-5-14(15)21-2/h3-8,20H,9H2,1-2H3. The van der Waals surface area contributed by atoms with Gasteiger partial charge in [-0.15, -0.1) is 0 Å². The normalized spacial score (nSPS) is 13.8. The Balaban J connectivity index is 2.40. The highest BCUT2D eigenvalue weighted by Crippen LogP contribution is 2.35. The lowest BCUT2D eigenvalue weighted by molar-refractivity contribution is 0.0510. The molecule has 0 saturated carbocycles. The fraction of sp³-hybridized carbons (Fsp3) is 0.250. The zero-order valence-corrected chi connectivity index (χ0v) is 12.4. The van der Waals surface area contributed by atoms with Crippen molar-refractivity contribution >= 4 is 11.6 Å². The summed E-state index contributed by atoms with van der Waals surface area (Å²) in [4.78, 5) is 0. The van der Waals surface area contributed by atoms with Gasteiger partial charge in [0, 0.05) is 6.42 Å². The van der Waals surface area contributed by atoms with E-state index >= 15 is 0 Å². The van der Waals surface area contributed by atoms with Crippen LogP contribution in [0.2, 0.25) is 5.02 Å². The maximum Gasteiger partial charge on any atom is 0.141 e. The van der Waals surface area contributed by atoms with E-state index in [1.54, 1.807) is 6.07 Å². The molecule has 2 rings (SSSR count). The molecule has 112 valence electrons. The summed E-state index contributed by atoms with van der Waals surface area (Å²) in [5.41, 5.74) is -0.859. The van der Waals surface area contributed by atoms with E-state index in [9.17, 15) is 13.9 Å². The summed E-state index contributed by atoms with van der Waals surface area (Å²) in [6, 6.07) is 8.46. The minimum Gasteiger partial charge on any atom is -0.496 e. The highest BCUT2D eigenvalue weighted by atomic mass is 35.5. The molecule has 2 aromatic carbocycles. The first-order valence-corrected chi connectivity index (χ1v) is 6.72. The average molecular weight is 313 g/mol. The number of methoxy groups -OCH3 is 1. The smallest absolute Gasteiger partial charge is 0.141 e. The number of halogens is 3. The number of hydrogen-bond acceptors (Lipinski definition) is 2. The summed E-state index contributed by atoms with van der Waals surface area (Å²) in [5, 5.41) is 10.6. The number of ether oxygens (including phenoxy) is 1. The fourth-order valence-electron chi connectivity index (χ4n) is 2.33. The van der Waals surface area contributed by atoms with Gasteiger partial charge >= 0.3 is 0 Å². The van der Waals surface area contributed by atoms with Crippen LogP contribution in [-0.2, 0) is 12.0 Å². The molecule has 0 bridgehead atoms. The predicted molar refractivity (Wildman–Crippen MR) is 77.6 cm³/mol. The van der Waals surface area contributed by atoms with Gasteiger partial charge in [0.25, 0.3) is 0 Å². The van der Waals surface area contributed by atoms with Crippen LogP contribution >= 0.6 is 11.6 Å². The van der Waals surface area contributed by atoms with E-state index < -0.39 is 17.2 Å². The number of hydrogen-bond donors (Lipinski definition) is 1. The lowest BCUT2D eigenvalue weighted by Crippen LogP contribution is -2.26. The molecule has 0 radical (unpaired) electrons. The van der Waals surface area contributed by atoms with Gasteiger partial charge in [-0.05, 0) is 36.8 Å². The molecule has 0 heterocycles. The van der Waals surface area contributed by atoms with Gasteiger partial charge in [0.1, 0.15) is 17.4 Å². The average Bonchev–Trinajstić information content (AvgIpc) is 2.42. The largest absolute Gasteiger partial charge is 0.496 e. The van der Waals surface area contributed by atoms with Gasteiger partial charge in [-0.3, -0.25) is 0 Å². The SMILES string of the molecule is COc1cccc(F)c1C(C)(O)Cc1ccc(F)c(Cl)c1. The summed E-state index contributed by atoms with van der Waals surface area (Å²) in [7, 11) is 1.41. The van der Waals surface area contributed by atoms with Crippen LogP contribution in [0.4, 0.5) is 8.78 Å². The molecule has 5 heteroatoms. The molecule has 1 unspecified atom stereocenters. The molecular formula is C16H15ClF2O2. The number of rotatable bonds is 4. The molecule has 1 N–H and O–H groups in total. The molecular weight excluding hydrogens is 298 g/mol. The first-order valence-electron chi connectivity index (χ1n) is 6.34. The molecule has 0 saturated heterocycles. The van der Waals surface area contributed by atoms with Crippen molar-refractivity contribution in [1.29, 1.82) is 0 Å². The summed E-state index contributed by atoms with van der Waals surface area (Å²) in [5.74, 6) is -0.843. The minimum absolute atomic E-state index is 0.0381. The quantitative estimate of drug-likeness (QED) is 0.922. The van der Waals surface area contributed by atoms with E-state index in [1.807, 2.05) is 0 Å².